The summed E-state index contributed by atoms with van der Waals surface area (Å²) in [7, 11) is 0. The number of aromatic amines is 1. The van der Waals surface area contributed by atoms with Crippen molar-refractivity contribution >= 4 is 17.4 Å². The lowest BCUT2D eigenvalue weighted by molar-refractivity contribution is 0.632. The zero-order valence-corrected chi connectivity index (χ0v) is 11.0. The highest BCUT2D eigenvalue weighted by atomic mass is 35.5. The molecule has 3 rings (SSSR count). The Morgan fingerprint density at radius 3 is 2.75 bits per heavy atom. The van der Waals surface area contributed by atoms with Crippen LogP contribution in [0.2, 0.25) is 5.02 Å². The number of hydrogen-bond acceptors (Lipinski definition) is 3. The van der Waals surface area contributed by atoms with E-state index in [4.69, 9.17) is 17.3 Å². The van der Waals surface area contributed by atoms with Gasteiger partial charge in [0.15, 0.2) is 5.82 Å². The first-order valence-corrected chi connectivity index (χ1v) is 6.26. The molecule has 0 bridgehead atoms. The Morgan fingerprint density at radius 1 is 1.15 bits per heavy atom. The Bertz CT molecular complexity index is 755. The van der Waals surface area contributed by atoms with Crippen LogP contribution < -0.4 is 5.73 Å². The molecule has 0 aliphatic rings. The van der Waals surface area contributed by atoms with Gasteiger partial charge in [-0.25, -0.2) is 4.39 Å². The fraction of sp³-hybridized carbons (Fsp3) is 0. The van der Waals surface area contributed by atoms with Gasteiger partial charge in [-0.2, -0.15) is 5.10 Å². The summed E-state index contributed by atoms with van der Waals surface area (Å²) in [4.78, 5) is 4.22. The zero-order valence-electron chi connectivity index (χ0n) is 10.3. The Balaban J connectivity index is 2.25. The maximum Gasteiger partial charge on any atom is 0.153 e. The Kier molecular flexibility index (Phi) is 3.12. The molecule has 0 fully saturated rings. The number of nitrogens with one attached hydrogen (secondary N) is 1. The van der Waals surface area contributed by atoms with Crippen molar-refractivity contribution < 1.29 is 4.39 Å². The van der Waals surface area contributed by atoms with Gasteiger partial charge in [-0.3, -0.25) is 10.1 Å². The predicted molar refractivity (Wildman–Crippen MR) is 76.6 cm³/mol. The standard InChI is InChI=1S/C14H10ClFN4/c15-9-5-3-4-8(12(9)16)11-13(19-20-14(11)17)10-6-1-2-7-18-10/h1-7H,(H3,17,19,20). The number of hydrogen-bond donors (Lipinski definition) is 2. The molecule has 6 heteroatoms. The lowest BCUT2D eigenvalue weighted by atomic mass is 10.0. The average Bonchev–Trinajstić information content (AvgIpc) is 2.85. The summed E-state index contributed by atoms with van der Waals surface area (Å²) in [6.07, 6.45) is 1.64. The molecular formula is C14H10ClFN4. The van der Waals surface area contributed by atoms with Gasteiger partial charge < -0.3 is 5.73 Å². The molecule has 100 valence electrons. The minimum Gasteiger partial charge on any atom is -0.382 e. The lowest BCUT2D eigenvalue weighted by Gasteiger charge is -2.06. The summed E-state index contributed by atoms with van der Waals surface area (Å²) in [5, 5.41) is 6.77. The molecule has 1 aromatic carbocycles. The predicted octanol–water partition coefficient (Wildman–Crippen LogP) is 3.51. The summed E-state index contributed by atoms with van der Waals surface area (Å²) in [5.74, 6) is -0.328. The SMILES string of the molecule is Nc1n[nH]c(-c2ccccn2)c1-c1cccc(Cl)c1F. The number of anilines is 1. The normalized spacial score (nSPS) is 10.7. The molecule has 3 aromatic rings. The van der Waals surface area contributed by atoms with Crippen molar-refractivity contribution in [3.05, 3.63) is 53.4 Å². The van der Waals surface area contributed by atoms with Gasteiger partial charge in [0.2, 0.25) is 0 Å². The van der Waals surface area contributed by atoms with Crippen LogP contribution in [0.3, 0.4) is 0 Å². The zero-order chi connectivity index (χ0) is 14.1. The summed E-state index contributed by atoms with van der Waals surface area (Å²) >= 11 is 5.82. The van der Waals surface area contributed by atoms with Crippen LogP contribution in [-0.4, -0.2) is 15.2 Å². The van der Waals surface area contributed by atoms with Gasteiger partial charge in [0.1, 0.15) is 5.82 Å². The quantitative estimate of drug-likeness (QED) is 0.758. The van der Waals surface area contributed by atoms with Crippen LogP contribution >= 0.6 is 11.6 Å². The number of nitrogens with zero attached hydrogens (tertiary/aromatic N) is 2. The van der Waals surface area contributed by atoms with E-state index in [2.05, 4.69) is 15.2 Å². The summed E-state index contributed by atoms with van der Waals surface area (Å²) < 4.78 is 14.2. The highest BCUT2D eigenvalue weighted by molar-refractivity contribution is 6.31. The smallest absolute Gasteiger partial charge is 0.153 e. The molecule has 0 unspecified atom stereocenters. The minimum absolute atomic E-state index is 0.0371. The highest BCUT2D eigenvalue weighted by Gasteiger charge is 2.19. The Hall–Kier alpha value is -2.40. The molecule has 0 spiro atoms. The number of H-pyrrole nitrogens is 1. The van der Waals surface area contributed by atoms with Crippen molar-refractivity contribution in [2.75, 3.05) is 5.73 Å². The van der Waals surface area contributed by atoms with Gasteiger partial charge in [0, 0.05) is 11.8 Å². The Morgan fingerprint density at radius 2 is 2.00 bits per heavy atom. The van der Waals surface area contributed by atoms with Crippen molar-refractivity contribution in [1.82, 2.24) is 15.2 Å². The number of benzene rings is 1. The number of pyridine rings is 1. The van der Waals surface area contributed by atoms with Crippen LogP contribution in [0.25, 0.3) is 22.5 Å². The van der Waals surface area contributed by atoms with Crippen molar-refractivity contribution in [3.8, 4) is 22.5 Å². The average molecular weight is 289 g/mol. The molecule has 0 saturated heterocycles. The van der Waals surface area contributed by atoms with Gasteiger partial charge in [-0.05, 0) is 18.2 Å². The fourth-order valence-electron chi connectivity index (χ4n) is 2.02. The summed E-state index contributed by atoms with van der Waals surface area (Å²) in [6, 6.07) is 10.2. The second-order valence-electron chi connectivity index (χ2n) is 4.18. The monoisotopic (exact) mass is 288 g/mol. The molecule has 0 saturated carbocycles. The van der Waals surface area contributed by atoms with Gasteiger partial charge in [-0.1, -0.05) is 29.8 Å². The topological polar surface area (TPSA) is 67.6 Å². The van der Waals surface area contributed by atoms with Gasteiger partial charge >= 0.3 is 0 Å². The minimum atomic E-state index is -0.528. The van der Waals surface area contributed by atoms with E-state index >= 15 is 0 Å². The molecular weight excluding hydrogens is 279 g/mol. The van der Waals surface area contributed by atoms with E-state index in [0.717, 1.165) is 0 Å². The second kappa shape index (κ2) is 4.94. The molecule has 0 aliphatic heterocycles. The van der Waals surface area contributed by atoms with Crippen LogP contribution in [0.1, 0.15) is 0 Å². The highest BCUT2D eigenvalue weighted by Crippen LogP contribution is 2.36. The van der Waals surface area contributed by atoms with E-state index in [1.807, 2.05) is 6.07 Å². The number of rotatable bonds is 2. The summed E-state index contributed by atoms with van der Waals surface area (Å²) in [5.41, 5.74) is 7.80. The van der Waals surface area contributed by atoms with Crippen molar-refractivity contribution in [2.24, 2.45) is 0 Å². The van der Waals surface area contributed by atoms with Gasteiger partial charge in [0.05, 0.1) is 22.0 Å². The first kappa shape index (κ1) is 12.6. The second-order valence-corrected chi connectivity index (χ2v) is 4.58. The fourth-order valence-corrected chi connectivity index (χ4v) is 2.20. The molecule has 3 N–H and O–H groups in total. The van der Waals surface area contributed by atoms with Gasteiger partial charge in [-0.15, -0.1) is 0 Å². The lowest BCUT2D eigenvalue weighted by Crippen LogP contribution is -1.93. The van der Waals surface area contributed by atoms with Crippen molar-refractivity contribution in [1.29, 1.82) is 0 Å². The maximum absolute atomic E-state index is 14.2. The van der Waals surface area contributed by atoms with Gasteiger partial charge in [0.25, 0.3) is 0 Å². The third-order valence-corrected chi connectivity index (χ3v) is 3.23. The first-order chi connectivity index (χ1) is 9.68. The third kappa shape index (κ3) is 2.02. The summed E-state index contributed by atoms with van der Waals surface area (Å²) in [6.45, 7) is 0. The number of aromatic nitrogens is 3. The molecule has 0 atom stereocenters. The van der Waals surface area contributed by atoms with E-state index in [9.17, 15) is 4.39 Å². The molecule has 4 nitrogen and oxygen atoms in total. The van der Waals surface area contributed by atoms with E-state index in [0.29, 0.717) is 22.5 Å². The maximum atomic E-state index is 14.2. The molecule has 2 heterocycles. The van der Waals surface area contributed by atoms with Crippen LogP contribution in [0.4, 0.5) is 10.2 Å². The number of nitrogens with two attached hydrogens (primary N) is 1. The van der Waals surface area contributed by atoms with Crippen LogP contribution in [0.15, 0.2) is 42.6 Å². The number of nitrogen functional groups attached to an aromatic ring is 1. The van der Waals surface area contributed by atoms with Crippen LogP contribution in [-0.2, 0) is 0 Å². The molecule has 0 aliphatic carbocycles. The van der Waals surface area contributed by atoms with Crippen LogP contribution in [0.5, 0.6) is 0 Å². The van der Waals surface area contributed by atoms with Crippen molar-refractivity contribution in [2.45, 2.75) is 0 Å². The Labute approximate surface area is 119 Å². The molecule has 0 amide bonds. The molecule has 0 radical (unpaired) electrons. The van der Waals surface area contributed by atoms with E-state index in [1.54, 1.807) is 30.5 Å². The largest absolute Gasteiger partial charge is 0.382 e. The molecule has 2 aromatic heterocycles. The first-order valence-electron chi connectivity index (χ1n) is 5.88. The molecule has 20 heavy (non-hydrogen) atoms. The van der Waals surface area contributed by atoms with Crippen molar-refractivity contribution in [3.63, 3.8) is 0 Å². The van der Waals surface area contributed by atoms with E-state index in [-0.39, 0.29) is 10.8 Å². The van der Waals surface area contributed by atoms with Crippen LogP contribution in [0, 0.1) is 5.82 Å². The van der Waals surface area contributed by atoms with E-state index < -0.39 is 5.82 Å². The third-order valence-electron chi connectivity index (χ3n) is 2.94. The van der Waals surface area contributed by atoms with E-state index in [1.165, 1.54) is 6.07 Å². The number of halogens is 2.